The Hall–Kier alpha value is -2.49. The van der Waals surface area contributed by atoms with E-state index < -0.39 is 12.2 Å². The monoisotopic (exact) mass is 415 g/mol. The molecule has 1 aliphatic heterocycles. The summed E-state index contributed by atoms with van der Waals surface area (Å²) in [4.78, 5) is 19.1. The van der Waals surface area contributed by atoms with Gasteiger partial charge in [0.25, 0.3) is 5.91 Å². The molecule has 0 bridgehead atoms. The molecule has 9 nitrogen and oxygen atoms in total. The molecule has 2 fully saturated rings. The minimum absolute atomic E-state index is 0.195. The van der Waals surface area contributed by atoms with Gasteiger partial charge >= 0.3 is 0 Å². The normalized spacial score (nSPS) is 27.8. The Bertz CT molecular complexity index is 837. The molecule has 0 radical (unpaired) electrons. The number of pyridine rings is 1. The molecule has 0 spiro atoms. The van der Waals surface area contributed by atoms with Crippen molar-refractivity contribution in [3.63, 3.8) is 0 Å². The zero-order valence-electron chi connectivity index (χ0n) is 17.3. The molecular formula is C21H29N5O4. The van der Waals surface area contributed by atoms with Crippen molar-refractivity contribution in [1.82, 2.24) is 25.0 Å². The SMILES string of the molecule is COC1CCN([C@@H]2[C@@H](O)[C@H](Oc3cccnc3)C[C@H]2NC(=O)c2cnn(C)c2)CC1. The van der Waals surface area contributed by atoms with Crippen LogP contribution in [0.15, 0.2) is 36.9 Å². The van der Waals surface area contributed by atoms with Gasteiger partial charge in [-0.1, -0.05) is 0 Å². The number of aryl methyl sites for hydroxylation is 1. The average molecular weight is 415 g/mol. The fourth-order valence-corrected chi connectivity index (χ4v) is 4.51. The maximum absolute atomic E-state index is 12.8. The van der Waals surface area contributed by atoms with Gasteiger partial charge in [-0.15, -0.1) is 0 Å². The number of amides is 1. The Labute approximate surface area is 176 Å². The number of carbonyl (C=O) groups is 1. The fourth-order valence-electron chi connectivity index (χ4n) is 4.51. The van der Waals surface area contributed by atoms with Gasteiger partial charge in [0.1, 0.15) is 18.0 Å². The summed E-state index contributed by atoms with van der Waals surface area (Å²) in [7, 11) is 3.51. The molecule has 2 aromatic heterocycles. The summed E-state index contributed by atoms with van der Waals surface area (Å²) in [5, 5.41) is 18.3. The van der Waals surface area contributed by atoms with Crippen molar-refractivity contribution >= 4 is 5.91 Å². The molecule has 162 valence electrons. The van der Waals surface area contributed by atoms with Crippen LogP contribution in [-0.2, 0) is 11.8 Å². The lowest BCUT2D eigenvalue weighted by Crippen LogP contribution is -2.56. The number of ether oxygens (including phenoxy) is 2. The smallest absolute Gasteiger partial charge is 0.254 e. The number of nitrogens with one attached hydrogen (secondary N) is 1. The Morgan fingerprint density at radius 2 is 2.10 bits per heavy atom. The summed E-state index contributed by atoms with van der Waals surface area (Å²) in [6, 6.07) is 3.14. The van der Waals surface area contributed by atoms with Crippen molar-refractivity contribution in [3.8, 4) is 5.75 Å². The van der Waals surface area contributed by atoms with E-state index in [1.807, 2.05) is 6.07 Å². The van der Waals surface area contributed by atoms with Crippen LogP contribution in [0.1, 0.15) is 29.6 Å². The van der Waals surface area contributed by atoms with Gasteiger partial charge < -0.3 is 19.9 Å². The molecule has 2 aromatic rings. The highest BCUT2D eigenvalue weighted by molar-refractivity contribution is 5.94. The van der Waals surface area contributed by atoms with Crippen molar-refractivity contribution in [2.75, 3.05) is 20.2 Å². The van der Waals surface area contributed by atoms with Crippen LogP contribution in [0.2, 0.25) is 0 Å². The highest BCUT2D eigenvalue weighted by Gasteiger charge is 2.48. The first-order valence-electron chi connectivity index (χ1n) is 10.4. The van der Waals surface area contributed by atoms with E-state index in [2.05, 4.69) is 20.3 Å². The van der Waals surface area contributed by atoms with E-state index in [0.717, 1.165) is 25.9 Å². The number of hydrogen-bond donors (Lipinski definition) is 2. The van der Waals surface area contributed by atoms with E-state index in [9.17, 15) is 9.90 Å². The van der Waals surface area contributed by atoms with Crippen LogP contribution in [0.5, 0.6) is 5.75 Å². The first kappa shape index (κ1) is 20.8. The third-order valence-corrected chi connectivity index (χ3v) is 6.07. The van der Waals surface area contributed by atoms with Gasteiger partial charge in [-0.05, 0) is 25.0 Å². The Morgan fingerprint density at radius 1 is 1.30 bits per heavy atom. The van der Waals surface area contributed by atoms with Crippen LogP contribution in [0.3, 0.4) is 0 Å². The molecule has 2 N–H and O–H groups in total. The second kappa shape index (κ2) is 9.11. The molecule has 1 aliphatic carbocycles. The van der Waals surface area contributed by atoms with Gasteiger partial charge in [0.2, 0.25) is 0 Å². The number of likely N-dealkylation sites (tertiary alicyclic amines) is 1. The summed E-state index contributed by atoms with van der Waals surface area (Å²) < 4.78 is 13.1. The molecule has 4 rings (SSSR count). The fraction of sp³-hybridized carbons (Fsp3) is 0.571. The predicted molar refractivity (Wildman–Crippen MR) is 109 cm³/mol. The van der Waals surface area contributed by atoms with E-state index in [-0.39, 0.29) is 24.1 Å². The molecule has 30 heavy (non-hydrogen) atoms. The van der Waals surface area contributed by atoms with Crippen molar-refractivity contribution in [3.05, 3.63) is 42.5 Å². The van der Waals surface area contributed by atoms with Gasteiger partial charge in [-0.3, -0.25) is 19.4 Å². The highest BCUT2D eigenvalue weighted by atomic mass is 16.5. The highest BCUT2D eigenvalue weighted by Crippen LogP contribution is 2.31. The number of carbonyl (C=O) groups excluding carboxylic acids is 1. The Balaban J connectivity index is 1.50. The second-order valence-corrected chi connectivity index (χ2v) is 8.02. The number of piperidine rings is 1. The van der Waals surface area contributed by atoms with Gasteiger partial charge in [0, 0.05) is 46.1 Å². The van der Waals surface area contributed by atoms with Crippen LogP contribution < -0.4 is 10.1 Å². The lowest BCUT2D eigenvalue weighted by atomic mass is 10.0. The largest absolute Gasteiger partial charge is 0.486 e. The number of methoxy groups -OCH3 is 1. The summed E-state index contributed by atoms with van der Waals surface area (Å²) >= 11 is 0. The number of aliphatic hydroxyl groups is 1. The van der Waals surface area contributed by atoms with Crippen molar-refractivity contribution in [1.29, 1.82) is 0 Å². The van der Waals surface area contributed by atoms with E-state index in [4.69, 9.17) is 9.47 Å². The van der Waals surface area contributed by atoms with Crippen LogP contribution >= 0.6 is 0 Å². The molecule has 4 atom stereocenters. The quantitative estimate of drug-likeness (QED) is 0.713. The molecular weight excluding hydrogens is 386 g/mol. The zero-order valence-corrected chi connectivity index (χ0v) is 17.3. The average Bonchev–Trinajstić information content (AvgIpc) is 3.32. The standard InChI is InChI=1S/C21H29N5O4/c1-25-13-14(11-23-25)21(28)24-17-10-18(30-16-4-3-7-22-12-16)20(27)19(17)26-8-5-15(29-2)6-9-26/h3-4,7,11-13,15,17-20,27H,5-6,8-10H2,1-2H3,(H,24,28)/t17-,18-,19+,20+/m1/s1. The number of aliphatic hydroxyl groups excluding tert-OH is 1. The van der Waals surface area contributed by atoms with E-state index in [1.165, 1.54) is 0 Å². The summed E-state index contributed by atoms with van der Waals surface area (Å²) in [5.74, 6) is 0.414. The first-order valence-corrected chi connectivity index (χ1v) is 10.4. The first-order chi connectivity index (χ1) is 14.5. The Morgan fingerprint density at radius 3 is 2.73 bits per heavy atom. The molecule has 9 heteroatoms. The van der Waals surface area contributed by atoms with E-state index in [1.54, 1.807) is 49.7 Å². The molecule has 1 amide bonds. The van der Waals surface area contributed by atoms with Gasteiger partial charge in [0.05, 0.1) is 36.1 Å². The summed E-state index contributed by atoms with van der Waals surface area (Å²) in [5.41, 5.74) is 0.500. The maximum Gasteiger partial charge on any atom is 0.254 e. The third kappa shape index (κ3) is 4.48. The summed E-state index contributed by atoms with van der Waals surface area (Å²) in [6.45, 7) is 1.61. The number of nitrogens with zero attached hydrogens (tertiary/aromatic N) is 4. The maximum atomic E-state index is 12.8. The zero-order chi connectivity index (χ0) is 21.1. The van der Waals surface area contributed by atoms with Gasteiger partial charge in [-0.25, -0.2) is 0 Å². The molecule has 1 saturated heterocycles. The predicted octanol–water partition coefficient (Wildman–Crippen LogP) is 0.605. The minimum atomic E-state index is -0.733. The molecule has 3 heterocycles. The van der Waals surface area contributed by atoms with Crippen LogP contribution in [0.25, 0.3) is 0 Å². The molecule has 1 saturated carbocycles. The number of rotatable bonds is 6. The Kier molecular flexibility index (Phi) is 6.31. The second-order valence-electron chi connectivity index (χ2n) is 8.02. The van der Waals surface area contributed by atoms with Gasteiger partial charge in [0.15, 0.2) is 0 Å². The number of hydrogen-bond acceptors (Lipinski definition) is 7. The van der Waals surface area contributed by atoms with Crippen molar-refractivity contribution in [2.24, 2.45) is 7.05 Å². The lowest BCUT2D eigenvalue weighted by molar-refractivity contribution is -0.0228. The van der Waals surface area contributed by atoms with Crippen molar-refractivity contribution < 1.29 is 19.4 Å². The third-order valence-electron chi connectivity index (χ3n) is 6.07. The summed E-state index contributed by atoms with van der Waals surface area (Å²) in [6.07, 6.45) is 7.93. The molecule has 0 unspecified atom stereocenters. The van der Waals surface area contributed by atoms with E-state index >= 15 is 0 Å². The van der Waals surface area contributed by atoms with Crippen LogP contribution in [0.4, 0.5) is 0 Å². The van der Waals surface area contributed by atoms with Crippen LogP contribution in [0, 0.1) is 0 Å². The van der Waals surface area contributed by atoms with Crippen molar-refractivity contribution in [2.45, 2.75) is 49.7 Å². The minimum Gasteiger partial charge on any atom is -0.486 e. The lowest BCUT2D eigenvalue weighted by Gasteiger charge is -2.39. The van der Waals surface area contributed by atoms with E-state index in [0.29, 0.717) is 17.7 Å². The molecule has 0 aromatic carbocycles. The number of aromatic nitrogens is 3. The van der Waals surface area contributed by atoms with Gasteiger partial charge in [-0.2, -0.15) is 5.10 Å². The topological polar surface area (TPSA) is 102 Å². The van der Waals surface area contributed by atoms with Crippen LogP contribution in [-0.4, -0.2) is 81.3 Å². The molecule has 2 aliphatic rings.